The number of anilines is 2. The number of pyridine rings is 1. The molecule has 3 aromatic heterocycles. The van der Waals surface area contributed by atoms with Gasteiger partial charge in [-0.15, -0.1) is 0 Å². The van der Waals surface area contributed by atoms with Gasteiger partial charge < -0.3 is 19.5 Å². The molecule has 2 amide bonds. The number of rotatable bonds is 8. The first-order chi connectivity index (χ1) is 15.9. The second-order valence-corrected chi connectivity index (χ2v) is 9.16. The summed E-state index contributed by atoms with van der Waals surface area (Å²) in [7, 11) is 1.56. The van der Waals surface area contributed by atoms with Crippen molar-refractivity contribution in [3.8, 4) is 5.75 Å². The van der Waals surface area contributed by atoms with Gasteiger partial charge in [0.15, 0.2) is 16.0 Å². The number of carbonyl (C=O) groups excluding carboxylic acids is 1. The normalized spacial score (nSPS) is 14.0. The van der Waals surface area contributed by atoms with E-state index in [1.807, 2.05) is 6.07 Å². The summed E-state index contributed by atoms with van der Waals surface area (Å²) in [6.45, 7) is 3.64. The quantitative estimate of drug-likeness (QED) is 0.465. The fourth-order valence-electron chi connectivity index (χ4n) is 3.57. The van der Waals surface area contributed by atoms with E-state index in [9.17, 15) is 9.18 Å². The molecule has 0 saturated heterocycles. The van der Waals surface area contributed by atoms with E-state index in [4.69, 9.17) is 16.3 Å². The number of alkyl halides is 1. The van der Waals surface area contributed by atoms with Crippen molar-refractivity contribution in [1.29, 1.82) is 0 Å². The van der Waals surface area contributed by atoms with E-state index in [2.05, 4.69) is 30.5 Å². The summed E-state index contributed by atoms with van der Waals surface area (Å²) in [5.74, 6) is 0.534. The molecule has 1 aliphatic heterocycles. The minimum absolute atomic E-state index is 0.273. The van der Waals surface area contributed by atoms with Gasteiger partial charge in [0.05, 0.1) is 49.8 Å². The highest BCUT2D eigenvalue weighted by atomic mass is 35.5. The van der Waals surface area contributed by atoms with Crippen molar-refractivity contribution in [2.24, 2.45) is 0 Å². The van der Waals surface area contributed by atoms with Gasteiger partial charge in [0.25, 0.3) is 0 Å². The molecule has 0 aromatic carbocycles. The second kappa shape index (κ2) is 10.3. The molecule has 1 aliphatic rings. The van der Waals surface area contributed by atoms with Gasteiger partial charge in [-0.1, -0.05) is 22.9 Å². The molecule has 0 aliphatic carbocycles. The third-order valence-electron chi connectivity index (χ3n) is 5.15. The Hall–Kier alpha value is -2.92. The molecule has 0 bridgehead atoms. The van der Waals surface area contributed by atoms with Crippen molar-refractivity contribution in [3.63, 3.8) is 0 Å². The molecule has 0 fully saturated rings. The predicted molar refractivity (Wildman–Crippen MR) is 126 cm³/mol. The molecular formula is C21H25ClFN7O2S. The number of thiazole rings is 1. The summed E-state index contributed by atoms with van der Waals surface area (Å²) in [4.78, 5) is 28.5. The van der Waals surface area contributed by atoms with Gasteiger partial charge in [0.2, 0.25) is 0 Å². The van der Waals surface area contributed by atoms with Gasteiger partial charge >= 0.3 is 6.03 Å². The number of imidazole rings is 1. The maximum Gasteiger partial charge on any atom is 0.321 e. The standard InChI is InChI=1S/C21H25ClFN7O2S/c1-13(23)9-29-10-14(26-12-29)3-5-24-20(31)28-21-27-16-4-6-30(11-18(16)33-21)15-7-17(32-2)19(22)25-8-15/h7-8,10,12-13H,3-6,9,11H2,1-2H3,(H2,24,27,28,31). The molecule has 12 heteroatoms. The monoisotopic (exact) mass is 493 g/mol. The van der Waals surface area contributed by atoms with E-state index >= 15 is 0 Å². The molecule has 4 rings (SSSR count). The number of carbonyl (C=O) groups is 1. The number of nitrogens with zero attached hydrogens (tertiary/aromatic N) is 5. The zero-order chi connectivity index (χ0) is 23.4. The van der Waals surface area contributed by atoms with Crippen LogP contribution in [0.15, 0.2) is 24.8 Å². The van der Waals surface area contributed by atoms with Crippen LogP contribution in [0.25, 0.3) is 0 Å². The lowest BCUT2D eigenvalue weighted by molar-refractivity contribution is 0.252. The highest BCUT2D eigenvalue weighted by Gasteiger charge is 2.22. The van der Waals surface area contributed by atoms with E-state index in [0.29, 0.717) is 35.5 Å². The van der Waals surface area contributed by atoms with Gasteiger partial charge in [0, 0.05) is 43.1 Å². The van der Waals surface area contributed by atoms with Crippen LogP contribution >= 0.6 is 22.9 Å². The molecule has 1 atom stereocenters. The van der Waals surface area contributed by atoms with Crippen LogP contribution in [0.4, 0.5) is 20.0 Å². The van der Waals surface area contributed by atoms with Gasteiger partial charge in [-0.2, -0.15) is 0 Å². The van der Waals surface area contributed by atoms with Crippen LogP contribution in [-0.2, 0) is 25.9 Å². The fraction of sp³-hybridized carbons (Fsp3) is 0.429. The van der Waals surface area contributed by atoms with Crippen molar-refractivity contribution >= 4 is 39.8 Å². The number of urea groups is 1. The third-order valence-corrected chi connectivity index (χ3v) is 6.43. The van der Waals surface area contributed by atoms with Crippen molar-refractivity contribution in [1.82, 2.24) is 24.8 Å². The topological polar surface area (TPSA) is 97.2 Å². The summed E-state index contributed by atoms with van der Waals surface area (Å²) in [6, 6.07) is 1.55. The number of fused-ring (bicyclic) bond motifs is 1. The van der Waals surface area contributed by atoms with Crippen LogP contribution in [0.5, 0.6) is 5.75 Å². The zero-order valence-corrected chi connectivity index (χ0v) is 19.9. The number of aromatic nitrogens is 4. The SMILES string of the molecule is COc1cc(N2CCc3nc(NC(=O)NCCc4cn(CC(C)F)cn4)sc3C2)cnc1Cl. The maximum absolute atomic E-state index is 13.1. The average Bonchev–Trinajstić information content (AvgIpc) is 3.39. The molecular weight excluding hydrogens is 469 g/mol. The van der Waals surface area contributed by atoms with Crippen LogP contribution in [0.2, 0.25) is 5.15 Å². The molecule has 3 aromatic rings. The Labute approximate surface area is 200 Å². The summed E-state index contributed by atoms with van der Waals surface area (Å²) in [5, 5.41) is 6.51. The first-order valence-electron chi connectivity index (χ1n) is 10.5. The van der Waals surface area contributed by atoms with Crippen LogP contribution < -0.4 is 20.3 Å². The van der Waals surface area contributed by atoms with Crippen molar-refractivity contribution in [2.45, 2.75) is 39.0 Å². The number of amides is 2. The van der Waals surface area contributed by atoms with Crippen LogP contribution in [-0.4, -0.2) is 51.9 Å². The predicted octanol–water partition coefficient (Wildman–Crippen LogP) is 3.68. The molecule has 1 unspecified atom stereocenters. The van der Waals surface area contributed by atoms with Crippen LogP contribution in [0, 0.1) is 0 Å². The average molecular weight is 494 g/mol. The van der Waals surface area contributed by atoms with Gasteiger partial charge in [-0.05, 0) is 6.92 Å². The van der Waals surface area contributed by atoms with E-state index < -0.39 is 6.17 Å². The summed E-state index contributed by atoms with van der Waals surface area (Å²) in [6.07, 6.45) is 5.51. The minimum atomic E-state index is -0.933. The lowest BCUT2D eigenvalue weighted by Gasteiger charge is -2.28. The van der Waals surface area contributed by atoms with Crippen molar-refractivity contribution < 1.29 is 13.9 Å². The number of hydrogen-bond donors (Lipinski definition) is 2. The Morgan fingerprint density at radius 2 is 2.27 bits per heavy atom. The molecule has 176 valence electrons. The molecule has 2 N–H and O–H groups in total. The molecule has 0 spiro atoms. The number of hydrogen-bond acceptors (Lipinski definition) is 7. The minimum Gasteiger partial charge on any atom is -0.493 e. The fourth-order valence-corrected chi connectivity index (χ4v) is 4.77. The zero-order valence-electron chi connectivity index (χ0n) is 18.3. The Bertz CT molecular complexity index is 1120. The Kier molecular flexibility index (Phi) is 7.29. The van der Waals surface area contributed by atoms with E-state index in [1.165, 1.54) is 18.3 Å². The summed E-state index contributed by atoms with van der Waals surface area (Å²) in [5.41, 5.74) is 2.72. The van der Waals surface area contributed by atoms with Gasteiger partial charge in [-0.25, -0.2) is 24.1 Å². The second-order valence-electron chi connectivity index (χ2n) is 7.72. The van der Waals surface area contributed by atoms with E-state index in [0.717, 1.165) is 34.9 Å². The Morgan fingerprint density at radius 3 is 3.06 bits per heavy atom. The van der Waals surface area contributed by atoms with Crippen LogP contribution in [0.3, 0.4) is 0 Å². The third kappa shape index (κ3) is 5.91. The maximum atomic E-state index is 13.1. The number of methoxy groups -OCH3 is 1. The van der Waals surface area contributed by atoms with Crippen molar-refractivity contribution in [2.75, 3.05) is 30.4 Å². The number of halogens is 2. The van der Waals surface area contributed by atoms with E-state index in [-0.39, 0.29) is 12.6 Å². The lowest BCUT2D eigenvalue weighted by atomic mass is 10.1. The van der Waals surface area contributed by atoms with E-state index in [1.54, 1.807) is 30.4 Å². The molecule has 9 nitrogen and oxygen atoms in total. The number of ether oxygens (including phenoxy) is 1. The highest BCUT2D eigenvalue weighted by molar-refractivity contribution is 7.15. The molecule has 33 heavy (non-hydrogen) atoms. The Morgan fingerprint density at radius 1 is 1.42 bits per heavy atom. The van der Waals surface area contributed by atoms with Crippen molar-refractivity contribution in [3.05, 3.63) is 46.2 Å². The molecule has 0 saturated carbocycles. The Balaban J connectivity index is 1.28. The molecule has 0 radical (unpaired) electrons. The first-order valence-corrected chi connectivity index (χ1v) is 11.7. The van der Waals surface area contributed by atoms with Gasteiger partial charge in [-0.3, -0.25) is 5.32 Å². The number of nitrogens with one attached hydrogen (secondary N) is 2. The van der Waals surface area contributed by atoms with Crippen LogP contribution in [0.1, 0.15) is 23.2 Å². The summed E-state index contributed by atoms with van der Waals surface area (Å²) < 4.78 is 20.0. The van der Waals surface area contributed by atoms with Gasteiger partial charge in [0.1, 0.15) is 6.17 Å². The molecule has 4 heterocycles. The summed E-state index contributed by atoms with van der Waals surface area (Å²) >= 11 is 7.49. The first kappa shape index (κ1) is 23.2. The lowest BCUT2D eigenvalue weighted by Crippen LogP contribution is -2.30. The highest BCUT2D eigenvalue weighted by Crippen LogP contribution is 2.33. The largest absolute Gasteiger partial charge is 0.493 e. The smallest absolute Gasteiger partial charge is 0.321 e.